The molecule has 0 amide bonds. The molecule has 2 aliphatic heterocycles. The Kier molecular flexibility index (Phi) is 10.2. The van der Waals surface area contributed by atoms with Gasteiger partial charge in [0.15, 0.2) is 30.0 Å². The van der Waals surface area contributed by atoms with Crippen molar-refractivity contribution < 1.29 is 76.9 Å². The Morgan fingerprint density at radius 2 is 1.47 bits per heavy atom. The molecule has 2 aliphatic carbocycles. The summed E-state index contributed by atoms with van der Waals surface area (Å²) in [5.74, 6) is -8.33. The van der Waals surface area contributed by atoms with Gasteiger partial charge in [-0.2, -0.15) is 0 Å². The highest BCUT2D eigenvalue weighted by Gasteiger charge is 2.81. The summed E-state index contributed by atoms with van der Waals surface area (Å²) in [6.45, 7) is 5.67. The number of aliphatic hydroxyl groups excluding tert-OH is 1. The van der Waals surface area contributed by atoms with Gasteiger partial charge >= 0.3 is 35.8 Å². The minimum Gasteiger partial charge on any atom is -0.459 e. The molecule has 0 aromatic heterocycles. The second kappa shape index (κ2) is 13.3. The summed E-state index contributed by atoms with van der Waals surface area (Å²) in [4.78, 5) is 76.7. The van der Waals surface area contributed by atoms with Crippen molar-refractivity contribution in [2.75, 3.05) is 26.9 Å². The van der Waals surface area contributed by atoms with Crippen LogP contribution in [0, 0.1) is 17.3 Å². The smallest absolute Gasteiger partial charge is 0.332 e. The van der Waals surface area contributed by atoms with Gasteiger partial charge in [-0.25, -0.2) is 4.79 Å². The zero-order chi connectivity index (χ0) is 35.1. The first-order chi connectivity index (χ1) is 22.0. The van der Waals surface area contributed by atoms with E-state index in [0.717, 1.165) is 27.7 Å². The molecule has 0 aromatic carbocycles. The Bertz CT molecular complexity index is 1360. The monoisotopic (exact) mass is 668 g/mol. The number of epoxide rings is 1. The number of hydrogen-bond donors (Lipinski definition) is 2. The number of methoxy groups -OCH3 is 1. The first-order valence-corrected chi connectivity index (χ1v) is 14.9. The highest BCUT2D eigenvalue weighted by atomic mass is 16.7. The number of ether oxygens (including phenoxy) is 8. The predicted octanol–water partition coefficient (Wildman–Crippen LogP) is -0.542. The lowest BCUT2D eigenvalue weighted by atomic mass is 9.51. The van der Waals surface area contributed by atoms with Crippen LogP contribution in [0.25, 0.3) is 0 Å². The Morgan fingerprint density at radius 3 is 1.98 bits per heavy atom. The van der Waals surface area contributed by atoms with E-state index in [9.17, 15) is 39.0 Å². The van der Waals surface area contributed by atoms with E-state index in [0.29, 0.717) is 5.57 Å². The average molecular weight is 669 g/mol. The van der Waals surface area contributed by atoms with Crippen LogP contribution in [0.2, 0.25) is 0 Å². The zero-order valence-corrected chi connectivity index (χ0v) is 27.1. The Balaban J connectivity index is 2.17. The molecule has 0 radical (unpaired) electrons. The lowest BCUT2D eigenvalue weighted by molar-refractivity contribution is -0.279. The van der Waals surface area contributed by atoms with Crippen LogP contribution < -0.4 is 0 Å². The quantitative estimate of drug-likeness (QED) is 0.188. The Hall–Kier alpha value is -3.86. The topological polar surface area (TPSA) is 220 Å². The zero-order valence-electron chi connectivity index (χ0n) is 27.1. The van der Waals surface area contributed by atoms with Crippen molar-refractivity contribution >= 4 is 35.8 Å². The molecule has 2 saturated heterocycles. The predicted molar refractivity (Wildman–Crippen MR) is 153 cm³/mol. The number of carbonyl (C=O) groups excluding carboxylic acids is 6. The number of esters is 6. The van der Waals surface area contributed by atoms with Gasteiger partial charge in [0.2, 0.25) is 0 Å². The lowest BCUT2D eigenvalue weighted by Crippen LogP contribution is -2.76. The van der Waals surface area contributed by atoms with E-state index in [2.05, 4.69) is 0 Å². The van der Waals surface area contributed by atoms with Gasteiger partial charge in [0, 0.05) is 40.7 Å². The van der Waals surface area contributed by atoms with E-state index in [-0.39, 0.29) is 13.2 Å². The summed E-state index contributed by atoms with van der Waals surface area (Å²) >= 11 is 0. The van der Waals surface area contributed by atoms with Crippen LogP contribution in [0.4, 0.5) is 0 Å². The number of carbonyl (C=O) groups is 6. The maximum Gasteiger partial charge on any atom is 0.332 e. The standard InChI is InChI=1S/C31H40O16/c1-14-28(38)47-21-10-19(12-40-7)8-9-20(46-22(37)11-32)29(6)24(27(31(14,21)39)45-18(5)36)30(13-41-30)26(44-17(4)35)23(42-15(2)33)25(29)43-16(3)34/h8-10,14,20-21,23-27,32,39H,11-13H2,1-7H3/b9-8-,19-10+/t14-,20-,21-,23+,24+,25-,26+,27-,29+,30-,31-/m0/s1. The third-order valence-corrected chi connectivity index (χ3v) is 9.21. The van der Waals surface area contributed by atoms with Crippen molar-refractivity contribution in [3.63, 3.8) is 0 Å². The summed E-state index contributed by atoms with van der Waals surface area (Å²) in [7, 11) is 1.39. The Labute approximate surface area is 270 Å². The fourth-order valence-electron chi connectivity index (χ4n) is 7.27. The minimum absolute atomic E-state index is 0.0981. The SMILES string of the molecule is COCC1=C/[C@@H]2OC(=O)[C@H](C)[C@@]2(O)[C@@H](OC(C)=O)[C@H]2[C@@]3(CO3)[C@H](OC(C)=O)[C@H](OC(C)=O)[C@H](OC(C)=O)[C@]2(C)[C@@H](OC(=O)CO)/C=C\1. The maximum atomic E-state index is 13.2. The first-order valence-electron chi connectivity index (χ1n) is 14.9. The molecule has 0 aromatic rings. The second-order valence-corrected chi connectivity index (χ2v) is 12.3. The van der Waals surface area contributed by atoms with Gasteiger partial charge in [-0.3, -0.25) is 24.0 Å². The summed E-state index contributed by atoms with van der Waals surface area (Å²) < 4.78 is 45.8. The van der Waals surface area contributed by atoms with Crippen molar-refractivity contribution in [2.45, 2.75) is 89.4 Å². The fourth-order valence-corrected chi connectivity index (χ4v) is 7.27. The third-order valence-electron chi connectivity index (χ3n) is 9.21. The van der Waals surface area contributed by atoms with Crippen molar-refractivity contribution in [3.8, 4) is 0 Å². The first kappa shape index (κ1) is 36.0. The van der Waals surface area contributed by atoms with Crippen LogP contribution in [0.1, 0.15) is 41.5 Å². The average Bonchev–Trinajstić information content (AvgIpc) is 3.73. The van der Waals surface area contributed by atoms with Gasteiger partial charge in [-0.05, 0) is 24.6 Å². The normalized spacial score (nSPS) is 40.7. The number of aliphatic hydroxyl groups is 2. The minimum atomic E-state index is -2.38. The van der Waals surface area contributed by atoms with E-state index in [1.165, 1.54) is 39.2 Å². The molecule has 1 saturated carbocycles. The second-order valence-electron chi connectivity index (χ2n) is 12.3. The summed E-state index contributed by atoms with van der Waals surface area (Å²) in [6.07, 6.45) is -5.37. The van der Waals surface area contributed by atoms with Gasteiger partial charge in [-0.15, -0.1) is 0 Å². The molecule has 260 valence electrons. The molecule has 4 aliphatic rings. The number of fused-ring (bicyclic) bond motifs is 3. The summed E-state index contributed by atoms with van der Waals surface area (Å²) in [5, 5.41) is 22.4. The molecular formula is C31H40O16. The molecular weight excluding hydrogens is 628 g/mol. The molecule has 16 heteroatoms. The molecule has 0 bridgehead atoms. The lowest BCUT2D eigenvalue weighted by Gasteiger charge is -2.59. The maximum absolute atomic E-state index is 13.2. The number of hydrogen-bond acceptors (Lipinski definition) is 16. The molecule has 16 nitrogen and oxygen atoms in total. The van der Waals surface area contributed by atoms with Crippen molar-refractivity contribution in [2.24, 2.45) is 17.3 Å². The molecule has 4 rings (SSSR count). The third kappa shape index (κ3) is 6.38. The molecule has 2 heterocycles. The van der Waals surface area contributed by atoms with Crippen molar-refractivity contribution in [1.82, 2.24) is 0 Å². The molecule has 11 atom stereocenters. The largest absolute Gasteiger partial charge is 0.459 e. The van der Waals surface area contributed by atoms with Crippen LogP contribution in [0.3, 0.4) is 0 Å². The van der Waals surface area contributed by atoms with Crippen LogP contribution in [0.5, 0.6) is 0 Å². The summed E-state index contributed by atoms with van der Waals surface area (Å²) in [6, 6.07) is 0. The Morgan fingerprint density at radius 1 is 0.915 bits per heavy atom. The number of rotatable bonds is 8. The highest BCUT2D eigenvalue weighted by Crippen LogP contribution is 2.63. The molecule has 47 heavy (non-hydrogen) atoms. The molecule has 0 unspecified atom stereocenters. The van der Waals surface area contributed by atoms with Gasteiger partial charge in [-0.1, -0.05) is 13.0 Å². The van der Waals surface area contributed by atoms with Crippen LogP contribution in [-0.4, -0.2) is 121 Å². The van der Waals surface area contributed by atoms with Crippen LogP contribution >= 0.6 is 0 Å². The van der Waals surface area contributed by atoms with E-state index >= 15 is 0 Å². The van der Waals surface area contributed by atoms with Crippen LogP contribution in [0.15, 0.2) is 23.8 Å². The van der Waals surface area contributed by atoms with E-state index in [1.54, 1.807) is 0 Å². The summed E-state index contributed by atoms with van der Waals surface area (Å²) in [5.41, 5.74) is -5.74. The van der Waals surface area contributed by atoms with Gasteiger partial charge in [0.25, 0.3) is 0 Å². The van der Waals surface area contributed by atoms with Crippen molar-refractivity contribution in [3.05, 3.63) is 23.8 Å². The van der Waals surface area contributed by atoms with E-state index in [1.807, 2.05) is 0 Å². The highest BCUT2D eigenvalue weighted by molar-refractivity contribution is 5.78. The van der Waals surface area contributed by atoms with Gasteiger partial charge in [0.1, 0.15) is 24.4 Å². The molecule has 2 N–H and O–H groups in total. The van der Waals surface area contributed by atoms with E-state index in [4.69, 9.17) is 37.9 Å². The van der Waals surface area contributed by atoms with Crippen LogP contribution in [-0.2, 0) is 66.7 Å². The van der Waals surface area contributed by atoms with Gasteiger partial charge in [0.05, 0.1) is 24.5 Å². The van der Waals surface area contributed by atoms with Crippen molar-refractivity contribution in [1.29, 1.82) is 0 Å². The van der Waals surface area contributed by atoms with Gasteiger partial charge < -0.3 is 48.1 Å². The fraction of sp³-hybridized carbons (Fsp3) is 0.677. The molecule has 3 fully saturated rings. The van der Waals surface area contributed by atoms with E-state index < -0.39 is 107 Å². The molecule has 1 spiro atoms.